The molecule has 1 saturated heterocycles. The maximum atomic E-state index is 12.0. The Kier molecular flexibility index (Phi) is 4.89. The molecular weight excluding hydrogens is 266 g/mol. The van der Waals surface area contributed by atoms with E-state index in [2.05, 4.69) is 22.0 Å². The lowest BCUT2D eigenvalue weighted by Crippen LogP contribution is -2.43. The van der Waals surface area contributed by atoms with E-state index in [4.69, 9.17) is 0 Å². The van der Waals surface area contributed by atoms with E-state index in [9.17, 15) is 13.6 Å². The number of hydrogen-bond acceptors (Lipinski definition) is 3. The Hall–Kier alpha value is -1.69. The fourth-order valence-corrected chi connectivity index (χ4v) is 2.21. The van der Waals surface area contributed by atoms with Crippen LogP contribution in [-0.2, 0) is 0 Å². The predicted octanol–water partition coefficient (Wildman–Crippen LogP) is 2.11. The second kappa shape index (κ2) is 6.65. The zero-order valence-corrected chi connectivity index (χ0v) is 11.3. The van der Waals surface area contributed by atoms with Gasteiger partial charge in [0.15, 0.2) is 0 Å². The molecule has 0 aliphatic carbocycles. The molecule has 110 valence electrons. The van der Waals surface area contributed by atoms with Crippen molar-refractivity contribution in [1.82, 2.24) is 10.2 Å². The fraction of sp³-hybridized carbons (Fsp3) is 0.500. The number of carbonyl (C=O) groups is 1. The van der Waals surface area contributed by atoms with E-state index in [1.165, 1.54) is 24.3 Å². The Morgan fingerprint density at radius 2 is 1.90 bits per heavy atom. The van der Waals surface area contributed by atoms with Crippen molar-refractivity contribution in [2.75, 3.05) is 20.1 Å². The lowest BCUT2D eigenvalue weighted by Gasteiger charge is -2.29. The van der Waals surface area contributed by atoms with E-state index in [0.717, 1.165) is 25.9 Å². The van der Waals surface area contributed by atoms with Crippen molar-refractivity contribution in [3.63, 3.8) is 0 Å². The molecule has 1 aromatic rings. The SMILES string of the molecule is CN1CCC(NC(=O)c2ccc(OC(F)F)cc2)CC1. The van der Waals surface area contributed by atoms with E-state index in [0.29, 0.717) is 5.56 Å². The van der Waals surface area contributed by atoms with Crippen molar-refractivity contribution in [2.45, 2.75) is 25.5 Å². The van der Waals surface area contributed by atoms with Crippen LogP contribution in [0, 0.1) is 0 Å². The number of nitrogens with one attached hydrogen (secondary N) is 1. The smallest absolute Gasteiger partial charge is 0.387 e. The third kappa shape index (κ3) is 4.16. The highest BCUT2D eigenvalue weighted by molar-refractivity contribution is 5.94. The van der Waals surface area contributed by atoms with E-state index in [-0.39, 0.29) is 17.7 Å². The van der Waals surface area contributed by atoms with Crippen LogP contribution in [0.1, 0.15) is 23.2 Å². The van der Waals surface area contributed by atoms with Crippen molar-refractivity contribution in [3.8, 4) is 5.75 Å². The van der Waals surface area contributed by atoms with E-state index < -0.39 is 6.61 Å². The van der Waals surface area contributed by atoms with E-state index >= 15 is 0 Å². The Labute approximate surface area is 116 Å². The van der Waals surface area contributed by atoms with Gasteiger partial charge in [-0.25, -0.2) is 0 Å². The highest BCUT2D eigenvalue weighted by atomic mass is 19.3. The van der Waals surface area contributed by atoms with Crippen molar-refractivity contribution < 1.29 is 18.3 Å². The maximum Gasteiger partial charge on any atom is 0.387 e. The van der Waals surface area contributed by atoms with Gasteiger partial charge in [0.1, 0.15) is 5.75 Å². The van der Waals surface area contributed by atoms with Crippen LogP contribution in [0.15, 0.2) is 24.3 Å². The number of piperidine rings is 1. The lowest BCUT2D eigenvalue weighted by atomic mass is 10.0. The molecule has 4 nitrogen and oxygen atoms in total. The van der Waals surface area contributed by atoms with Crippen LogP contribution < -0.4 is 10.1 Å². The predicted molar refractivity (Wildman–Crippen MR) is 71.1 cm³/mol. The van der Waals surface area contributed by atoms with Crippen molar-refractivity contribution in [2.24, 2.45) is 0 Å². The molecule has 1 heterocycles. The molecule has 6 heteroatoms. The van der Waals surface area contributed by atoms with Gasteiger partial charge in [0.25, 0.3) is 5.91 Å². The second-order valence-corrected chi connectivity index (χ2v) is 4.95. The van der Waals surface area contributed by atoms with Gasteiger partial charge in [0, 0.05) is 11.6 Å². The van der Waals surface area contributed by atoms with Gasteiger partial charge in [-0.3, -0.25) is 4.79 Å². The summed E-state index contributed by atoms with van der Waals surface area (Å²) in [5.41, 5.74) is 0.450. The molecule has 0 bridgehead atoms. The molecule has 0 aromatic heterocycles. The molecule has 0 radical (unpaired) electrons. The zero-order chi connectivity index (χ0) is 14.5. The first kappa shape index (κ1) is 14.7. The number of benzene rings is 1. The normalized spacial score (nSPS) is 17.2. The molecule has 2 rings (SSSR count). The monoisotopic (exact) mass is 284 g/mol. The minimum absolute atomic E-state index is 0.0517. The first-order valence-corrected chi connectivity index (χ1v) is 6.59. The molecule has 1 N–H and O–H groups in total. The third-order valence-electron chi connectivity index (χ3n) is 3.40. The molecule has 0 unspecified atom stereocenters. The minimum atomic E-state index is -2.85. The average molecular weight is 284 g/mol. The van der Waals surface area contributed by atoms with Gasteiger partial charge >= 0.3 is 6.61 Å². The molecule has 0 atom stereocenters. The standard InChI is InChI=1S/C14H18F2N2O2/c1-18-8-6-11(7-9-18)17-13(19)10-2-4-12(5-3-10)20-14(15)16/h2-5,11,14H,6-9H2,1H3,(H,17,19). The summed E-state index contributed by atoms with van der Waals surface area (Å²) >= 11 is 0. The Morgan fingerprint density at radius 3 is 2.45 bits per heavy atom. The summed E-state index contributed by atoms with van der Waals surface area (Å²) in [7, 11) is 2.06. The molecule has 1 aliphatic rings. The summed E-state index contributed by atoms with van der Waals surface area (Å²) in [4.78, 5) is 14.2. The Balaban J connectivity index is 1.89. The van der Waals surface area contributed by atoms with Crippen LogP contribution in [0.5, 0.6) is 5.75 Å². The van der Waals surface area contributed by atoms with Crippen molar-refractivity contribution in [1.29, 1.82) is 0 Å². The minimum Gasteiger partial charge on any atom is -0.435 e. The molecular formula is C14H18F2N2O2. The summed E-state index contributed by atoms with van der Waals surface area (Å²) in [5, 5.41) is 2.96. The summed E-state index contributed by atoms with van der Waals surface area (Å²) in [6, 6.07) is 5.89. The van der Waals surface area contributed by atoms with E-state index in [1.54, 1.807) is 0 Å². The molecule has 1 aromatic carbocycles. The number of nitrogens with zero attached hydrogens (tertiary/aromatic N) is 1. The van der Waals surface area contributed by atoms with Crippen LogP contribution in [0.25, 0.3) is 0 Å². The number of rotatable bonds is 4. The lowest BCUT2D eigenvalue weighted by molar-refractivity contribution is -0.0498. The molecule has 1 aliphatic heterocycles. The summed E-state index contributed by atoms with van der Waals surface area (Å²) in [5.74, 6) is -0.126. The number of ether oxygens (including phenoxy) is 1. The molecule has 0 spiro atoms. The van der Waals surface area contributed by atoms with Crippen LogP contribution in [0.2, 0.25) is 0 Å². The molecule has 0 saturated carbocycles. The highest BCUT2D eigenvalue weighted by Crippen LogP contribution is 2.15. The van der Waals surface area contributed by atoms with Crippen molar-refractivity contribution >= 4 is 5.91 Å². The van der Waals surface area contributed by atoms with E-state index in [1.807, 2.05) is 0 Å². The van der Waals surface area contributed by atoms with Crippen LogP contribution in [-0.4, -0.2) is 43.6 Å². The van der Waals surface area contributed by atoms with Crippen LogP contribution in [0.3, 0.4) is 0 Å². The number of halogens is 2. The first-order valence-electron chi connectivity index (χ1n) is 6.59. The maximum absolute atomic E-state index is 12.0. The molecule has 1 amide bonds. The van der Waals surface area contributed by atoms with Crippen LogP contribution in [0.4, 0.5) is 8.78 Å². The van der Waals surface area contributed by atoms with Crippen molar-refractivity contribution in [3.05, 3.63) is 29.8 Å². The summed E-state index contributed by atoms with van der Waals surface area (Å²) in [6.07, 6.45) is 1.85. The average Bonchev–Trinajstić information content (AvgIpc) is 2.41. The second-order valence-electron chi connectivity index (χ2n) is 4.95. The fourth-order valence-electron chi connectivity index (χ4n) is 2.21. The van der Waals surface area contributed by atoms with Gasteiger partial charge < -0.3 is 15.0 Å². The topological polar surface area (TPSA) is 41.6 Å². The number of amides is 1. The number of carbonyl (C=O) groups excluding carboxylic acids is 1. The van der Waals surface area contributed by atoms with Gasteiger partial charge in [-0.1, -0.05) is 0 Å². The van der Waals surface area contributed by atoms with Crippen LogP contribution >= 0.6 is 0 Å². The highest BCUT2D eigenvalue weighted by Gasteiger charge is 2.19. The van der Waals surface area contributed by atoms with Gasteiger partial charge in [0.2, 0.25) is 0 Å². The Bertz CT molecular complexity index is 443. The van der Waals surface area contributed by atoms with Gasteiger partial charge in [-0.15, -0.1) is 0 Å². The molecule has 1 fully saturated rings. The third-order valence-corrected chi connectivity index (χ3v) is 3.40. The Morgan fingerprint density at radius 1 is 1.30 bits per heavy atom. The number of hydrogen-bond donors (Lipinski definition) is 1. The first-order chi connectivity index (χ1) is 9.54. The zero-order valence-electron chi connectivity index (χ0n) is 11.3. The summed E-state index contributed by atoms with van der Waals surface area (Å²) in [6.45, 7) is -0.924. The van der Waals surface area contributed by atoms with Gasteiger partial charge in [-0.2, -0.15) is 8.78 Å². The summed E-state index contributed by atoms with van der Waals surface area (Å²) < 4.78 is 28.3. The van der Waals surface area contributed by atoms with Gasteiger partial charge in [0.05, 0.1) is 0 Å². The quantitative estimate of drug-likeness (QED) is 0.920. The largest absolute Gasteiger partial charge is 0.435 e. The number of alkyl halides is 2. The van der Waals surface area contributed by atoms with Gasteiger partial charge in [-0.05, 0) is 57.2 Å². The number of likely N-dealkylation sites (tertiary alicyclic amines) is 1. The molecule has 20 heavy (non-hydrogen) atoms.